The van der Waals surface area contributed by atoms with E-state index in [1.54, 1.807) is 4.90 Å². The molecular formula is C15H18N6O5S2. The lowest BCUT2D eigenvalue weighted by Crippen LogP contribution is -2.51. The molecule has 2 aromatic rings. The number of H-pyrrole nitrogens is 1. The van der Waals surface area contributed by atoms with Gasteiger partial charge in [-0.2, -0.15) is 9.57 Å². The molecule has 0 saturated carbocycles. The molecular weight excluding hydrogens is 408 g/mol. The molecule has 0 spiro atoms. The van der Waals surface area contributed by atoms with Crippen molar-refractivity contribution in [3.8, 4) is 6.07 Å². The number of piperazine rings is 1. The van der Waals surface area contributed by atoms with E-state index in [-0.39, 0.29) is 47.5 Å². The van der Waals surface area contributed by atoms with Gasteiger partial charge in [0.25, 0.3) is 15.6 Å². The van der Waals surface area contributed by atoms with E-state index >= 15 is 0 Å². The Morgan fingerprint density at radius 3 is 2.18 bits per heavy atom. The van der Waals surface area contributed by atoms with Crippen molar-refractivity contribution in [1.29, 1.82) is 5.26 Å². The van der Waals surface area contributed by atoms with E-state index in [9.17, 15) is 28.1 Å². The van der Waals surface area contributed by atoms with Gasteiger partial charge in [0.1, 0.15) is 11.9 Å². The minimum atomic E-state index is -3.83. The van der Waals surface area contributed by atoms with E-state index < -0.39 is 26.1 Å². The number of aryl methyl sites for hydroxylation is 1. The molecule has 2 aromatic heterocycles. The summed E-state index contributed by atoms with van der Waals surface area (Å²) in [6.07, 6.45) is 0. The second-order valence-electron chi connectivity index (χ2n) is 6.33. The van der Waals surface area contributed by atoms with Gasteiger partial charge in [0.05, 0.1) is 0 Å². The molecule has 0 unspecified atom stereocenters. The highest BCUT2D eigenvalue weighted by atomic mass is 32.2. The fraction of sp³-hybridized carbons (Fsp3) is 0.467. The number of nitriles is 1. The van der Waals surface area contributed by atoms with Crippen LogP contribution in [0.2, 0.25) is 0 Å². The number of sulfonamides is 1. The zero-order valence-electron chi connectivity index (χ0n) is 15.4. The third-order valence-corrected chi connectivity index (χ3v) is 8.12. The summed E-state index contributed by atoms with van der Waals surface area (Å²) in [7, 11) is -1.08. The van der Waals surface area contributed by atoms with Crippen molar-refractivity contribution < 1.29 is 8.42 Å². The Labute approximate surface area is 163 Å². The van der Waals surface area contributed by atoms with Crippen molar-refractivity contribution in [2.45, 2.75) is 11.1 Å². The summed E-state index contributed by atoms with van der Waals surface area (Å²) in [6.45, 7) is 2.07. The van der Waals surface area contributed by atoms with Crippen LogP contribution in [0.4, 0.5) is 5.82 Å². The van der Waals surface area contributed by atoms with E-state index in [0.717, 1.165) is 4.57 Å². The van der Waals surface area contributed by atoms with Crippen LogP contribution in [0.3, 0.4) is 0 Å². The zero-order valence-corrected chi connectivity index (χ0v) is 17.1. The topological polar surface area (TPSA) is 141 Å². The first-order valence-electron chi connectivity index (χ1n) is 8.24. The quantitative estimate of drug-likeness (QED) is 0.631. The number of aromatic amines is 1. The van der Waals surface area contributed by atoms with Gasteiger partial charge in [0, 0.05) is 46.0 Å². The second-order valence-corrected chi connectivity index (χ2v) is 9.45. The van der Waals surface area contributed by atoms with Gasteiger partial charge >= 0.3 is 10.6 Å². The Hall–Kier alpha value is -2.69. The first-order chi connectivity index (χ1) is 13.1. The summed E-state index contributed by atoms with van der Waals surface area (Å²) in [4.78, 5) is 39.6. The Bertz CT molecular complexity index is 1250. The summed E-state index contributed by atoms with van der Waals surface area (Å²) < 4.78 is 28.9. The van der Waals surface area contributed by atoms with Crippen LogP contribution >= 0.6 is 11.3 Å². The van der Waals surface area contributed by atoms with Crippen LogP contribution in [0, 0.1) is 18.3 Å². The Morgan fingerprint density at radius 1 is 1.07 bits per heavy atom. The third kappa shape index (κ3) is 3.09. The van der Waals surface area contributed by atoms with E-state index in [4.69, 9.17) is 0 Å². The van der Waals surface area contributed by atoms with Crippen molar-refractivity contribution in [3.63, 3.8) is 0 Å². The molecule has 0 aliphatic carbocycles. The van der Waals surface area contributed by atoms with Gasteiger partial charge in [-0.25, -0.2) is 13.2 Å². The van der Waals surface area contributed by atoms with Crippen molar-refractivity contribution in [3.05, 3.63) is 41.8 Å². The van der Waals surface area contributed by atoms with Gasteiger partial charge in [0.15, 0.2) is 9.77 Å². The van der Waals surface area contributed by atoms with Crippen LogP contribution < -0.4 is 21.0 Å². The molecule has 0 aromatic carbocycles. The van der Waals surface area contributed by atoms with Gasteiger partial charge in [-0.05, 0) is 6.92 Å². The standard InChI is InChI=1S/C15H18N6O5S2/c1-9-13(27-14(23)17-9)28(25,26)21-6-4-20(5-7-21)11-10(8-16)12(22)19(3)15(24)18(11)2/h4-7H2,1-3H3,(H,17,23). The van der Waals surface area contributed by atoms with Crippen molar-refractivity contribution in [2.75, 3.05) is 31.1 Å². The Balaban J connectivity index is 1.93. The summed E-state index contributed by atoms with van der Waals surface area (Å²) in [6, 6.07) is 1.84. The number of nitrogens with one attached hydrogen (secondary N) is 1. The second kappa shape index (κ2) is 7.04. The van der Waals surface area contributed by atoms with E-state index in [0.29, 0.717) is 11.3 Å². The number of anilines is 1. The maximum absolute atomic E-state index is 12.8. The largest absolute Gasteiger partial charge is 0.354 e. The fourth-order valence-corrected chi connectivity index (χ4v) is 6.05. The molecule has 13 heteroatoms. The number of nitrogens with zero attached hydrogens (tertiary/aromatic N) is 5. The number of thiazole rings is 1. The highest BCUT2D eigenvalue weighted by Crippen LogP contribution is 2.24. The molecule has 3 rings (SSSR count). The molecule has 1 aliphatic rings. The van der Waals surface area contributed by atoms with Crippen LogP contribution in [-0.4, -0.2) is 53.0 Å². The maximum Gasteiger partial charge on any atom is 0.332 e. The highest BCUT2D eigenvalue weighted by Gasteiger charge is 2.33. The lowest BCUT2D eigenvalue weighted by atomic mass is 10.2. The van der Waals surface area contributed by atoms with Crippen LogP contribution in [0.15, 0.2) is 18.6 Å². The molecule has 28 heavy (non-hydrogen) atoms. The van der Waals surface area contributed by atoms with Gasteiger partial charge in [-0.3, -0.25) is 18.7 Å². The molecule has 11 nitrogen and oxygen atoms in total. The molecule has 3 heterocycles. The molecule has 0 amide bonds. The minimum absolute atomic E-state index is 0.0235. The molecule has 0 bridgehead atoms. The van der Waals surface area contributed by atoms with Crippen molar-refractivity contribution >= 4 is 27.2 Å². The van der Waals surface area contributed by atoms with Crippen LogP contribution in [0.25, 0.3) is 0 Å². The lowest BCUT2D eigenvalue weighted by Gasteiger charge is -2.36. The average molecular weight is 426 g/mol. The maximum atomic E-state index is 12.8. The third-order valence-electron chi connectivity index (χ3n) is 4.64. The number of hydrogen-bond acceptors (Lipinski definition) is 8. The summed E-state index contributed by atoms with van der Waals surface area (Å²) in [5.74, 6) is 0.176. The highest BCUT2D eigenvalue weighted by molar-refractivity contribution is 7.91. The van der Waals surface area contributed by atoms with Crippen LogP contribution in [0.5, 0.6) is 0 Å². The molecule has 1 saturated heterocycles. The Morgan fingerprint density at radius 2 is 1.68 bits per heavy atom. The summed E-state index contributed by atoms with van der Waals surface area (Å²) in [5, 5.41) is 9.39. The van der Waals surface area contributed by atoms with Gasteiger partial charge in [0.2, 0.25) is 0 Å². The molecule has 150 valence electrons. The SMILES string of the molecule is Cc1[nH]c(=O)sc1S(=O)(=O)N1CCN(c2c(C#N)c(=O)n(C)c(=O)n2C)CC1. The normalized spacial score (nSPS) is 15.6. The van der Waals surface area contributed by atoms with E-state index in [1.807, 2.05) is 6.07 Å². The number of rotatable bonds is 3. The number of aromatic nitrogens is 3. The monoisotopic (exact) mass is 426 g/mol. The smallest absolute Gasteiger partial charge is 0.332 e. The van der Waals surface area contributed by atoms with Crippen molar-refractivity contribution in [1.82, 2.24) is 18.4 Å². The predicted molar refractivity (Wildman–Crippen MR) is 102 cm³/mol. The van der Waals surface area contributed by atoms with Crippen LogP contribution in [-0.2, 0) is 24.1 Å². The fourth-order valence-electron chi connectivity index (χ4n) is 3.20. The van der Waals surface area contributed by atoms with Gasteiger partial charge in [-0.1, -0.05) is 11.3 Å². The van der Waals surface area contributed by atoms with E-state index in [2.05, 4.69) is 4.98 Å². The minimum Gasteiger partial charge on any atom is -0.354 e. The van der Waals surface area contributed by atoms with Gasteiger partial charge < -0.3 is 9.88 Å². The predicted octanol–water partition coefficient (Wildman–Crippen LogP) is -1.48. The number of hydrogen-bond donors (Lipinski definition) is 1. The molecule has 1 N–H and O–H groups in total. The zero-order chi connectivity index (χ0) is 20.8. The van der Waals surface area contributed by atoms with Crippen molar-refractivity contribution in [2.24, 2.45) is 14.1 Å². The molecule has 0 atom stereocenters. The molecule has 1 fully saturated rings. The summed E-state index contributed by atoms with van der Waals surface area (Å²) in [5.41, 5.74) is -1.14. The molecule has 0 radical (unpaired) electrons. The first-order valence-corrected chi connectivity index (χ1v) is 10.5. The van der Waals surface area contributed by atoms with E-state index in [1.165, 1.54) is 29.9 Å². The molecule has 1 aliphatic heterocycles. The Kier molecular flexibility index (Phi) is 5.04. The van der Waals surface area contributed by atoms with Gasteiger partial charge in [-0.15, -0.1) is 0 Å². The lowest BCUT2D eigenvalue weighted by molar-refractivity contribution is 0.382. The first kappa shape index (κ1) is 20.1. The van der Waals surface area contributed by atoms with Crippen LogP contribution in [0.1, 0.15) is 11.3 Å². The summed E-state index contributed by atoms with van der Waals surface area (Å²) >= 11 is 0.639. The average Bonchev–Trinajstić information content (AvgIpc) is 3.02.